The molecule has 1 amide bonds. The third-order valence-corrected chi connectivity index (χ3v) is 5.13. The topological polar surface area (TPSA) is 99.2 Å². The zero-order chi connectivity index (χ0) is 21.8. The monoisotopic (exact) mass is 438 g/mol. The van der Waals surface area contributed by atoms with Gasteiger partial charge in [0.15, 0.2) is 0 Å². The number of carbonyl (C=O) groups excluding carboxylic acids is 1. The fraction of sp³-hybridized carbons (Fsp3) is 0.182. The Morgan fingerprint density at radius 2 is 2.06 bits per heavy atom. The van der Waals surface area contributed by atoms with Crippen molar-refractivity contribution in [2.24, 2.45) is 0 Å². The van der Waals surface area contributed by atoms with E-state index in [0.29, 0.717) is 22.8 Å². The number of fused-ring (bicyclic) bond motifs is 1. The maximum atomic E-state index is 13.0. The van der Waals surface area contributed by atoms with E-state index in [1.54, 1.807) is 31.4 Å². The highest BCUT2D eigenvalue weighted by Crippen LogP contribution is 2.30. The minimum Gasteiger partial charge on any atom is -0.497 e. The molecule has 0 fully saturated rings. The van der Waals surface area contributed by atoms with Crippen LogP contribution in [-0.2, 0) is 17.9 Å². The molecule has 0 unspecified atom stereocenters. The number of nitrogens with one attached hydrogen (secondary N) is 1. The lowest BCUT2D eigenvalue weighted by atomic mass is 10.1. The standard InChI is InChI=1S/C22H19ClN4O4/c1-30-15-6-4-5-14(11-15)12-24-18(28)9-10-27-13-25-21-19(22(27)29)20(26-31-21)16-7-2-3-8-17(16)23/h2-8,11,13H,9-10,12H2,1H3,(H,24,28). The summed E-state index contributed by atoms with van der Waals surface area (Å²) in [5, 5.41) is 7.49. The number of hydrogen-bond donors (Lipinski definition) is 1. The van der Waals surface area contributed by atoms with Crippen molar-refractivity contribution >= 4 is 28.6 Å². The van der Waals surface area contributed by atoms with E-state index < -0.39 is 0 Å². The van der Waals surface area contributed by atoms with Crippen molar-refractivity contribution in [2.75, 3.05) is 7.11 Å². The molecule has 31 heavy (non-hydrogen) atoms. The molecule has 158 valence electrons. The number of aromatic nitrogens is 3. The first-order chi connectivity index (χ1) is 15.1. The highest BCUT2D eigenvalue weighted by Gasteiger charge is 2.19. The summed E-state index contributed by atoms with van der Waals surface area (Å²) in [6.07, 6.45) is 1.46. The molecule has 0 radical (unpaired) electrons. The number of benzene rings is 2. The van der Waals surface area contributed by atoms with Crippen LogP contribution < -0.4 is 15.6 Å². The Morgan fingerprint density at radius 3 is 2.87 bits per heavy atom. The molecule has 0 aliphatic heterocycles. The van der Waals surface area contributed by atoms with E-state index in [2.05, 4.69) is 15.5 Å². The molecule has 0 aliphatic rings. The second-order valence-corrected chi connectivity index (χ2v) is 7.22. The Morgan fingerprint density at radius 1 is 1.23 bits per heavy atom. The third kappa shape index (κ3) is 4.44. The van der Waals surface area contributed by atoms with E-state index in [1.807, 2.05) is 24.3 Å². The maximum Gasteiger partial charge on any atom is 0.266 e. The number of ether oxygens (including phenoxy) is 1. The van der Waals surface area contributed by atoms with Gasteiger partial charge in [-0.05, 0) is 23.8 Å². The zero-order valence-corrected chi connectivity index (χ0v) is 17.4. The summed E-state index contributed by atoms with van der Waals surface area (Å²) in [6.45, 7) is 0.531. The number of methoxy groups -OCH3 is 1. The van der Waals surface area contributed by atoms with Gasteiger partial charge in [-0.3, -0.25) is 14.2 Å². The van der Waals surface area contributed by atoms with Crippen LogP contribution in [0.2, 0.25) is 5.02 Å². The molecule has 0 saturated heterocycles. The van der Waals surface area contributed by atoms with Crippen LogP contribution >= 0.6 is 11.6 Å². The van der Waals surface area contributed by atoms with E-state index in [4.69, 9.17) is 20.9 Å². The molecule has 4 aromatic rings. The first-order valence-electron chi connectivity index (χ1n) is 9.56. The van der Waals surface area contributed by atoms with Crippen LogP contribution in [0.4, 0.5) is 0 Å². The lowest BCUT2D eigenvalue weighted by Crippen LogP contribution is -2.27. The largest absolute Gasteiger partial charge is 0.497 e. The Labute approximate surface area is 182 Å². The average molecular weight is 439 g/mol. The van der Waals surface area contributed by atoms with Crippen molar-refractivity contribution in [1.29, 1.82) is 0 Å². The predicted molar refractivity (Wildman–Crippen MR) is 116 cm³/mol. The highest BCUT2D eigenvalue weighted by atomic mass is 35.5. The normalized spacial score (nSPS) is 10.9. The van der Waals surface area contributed by atoms with Crippen LogP contribution in [0, 0.1) is 0 Å². The summed E-state index contributed by atoms with van der Waals surface area (Å²) >= 11 is 6.24. The molecule has 4 rings (SSSR count). The number of halogens is 1. The summed E-state index contributed by atoms with van der Waals surface area (Å²) in [7, 11) is 1.59. The van der Waals surface area contributed by atoms with Gasteiger partial charge in [0, 0.05) is 25.1 Å². The summed E-state index contributed by atoms with van der Waals surface area (Å²) < 4.78 is 11.7. The molecule has 0 aliphatic carbocycles. The first-order valence-corrected chi connectivity index (χ1v) is 9.94. The summed E-state index contributed by atoms with van der Waals surface area (Å²) in [6, 6.07) is 14.5. The Balaban J connectivity index is 1.48. The molecule has 0 bridgehead atoms. The lowest BCUT2D eigenvalue weighted by molar-refractivity contribution is -0.121. The molecule has 2 aromatic heterocycles. The minimum atomic E-state index is -0.346. The molecule has 9 heteroatoms. The van der Waals surface area contributed by atoms with Crippen molar-refractivity contribution in [3.05, 3.63) is 75.8 Å². The first kappa shape index (κ1) is 20.6. The number of hydrogen-bond acceptors (Lipinski definition) is 6. The van der Waals surface area contributed by atoms with Crippen LogP contribution in [0.3, 0.4) is 0 Å². The van der Waals surface area contributed by atoms with Gasteiger partial charge in [0.05, 0.1) is 12.1 Å². The smallest absolute Gasteiger partial charge is 0.266 e. The third-order valence-electron chi connectivity index (χ3n) is 4.80. The quantitative estimate of drug-likeness (QED) is 0.474. The average Bonchev–Trinajstić information content (AvgIpc) is 3.22. The molecule has 8 nitrogen and oxygen atoms in total. The Bertz CT molecular complexity index is 1300. The van der Waals surface area contributed by atoms with Crippen LogP contribution in [0.5, 0.6) is 5.75 Å². The van der Waals surface area contributed by atoms with Crippen molar-refractivity contribution in [2.45, 2.75) is 19.5 Å². The van der Waals surface area contributed by atoms with Gasteiger partial charge in [-0.15, -0.1) is 0 Å². The number of carbonyl (C=O) groups is 1. The molecule has 2 heterocycles. The van der Waals surface area contributed by atoms with E-state index in [9.17, 15) is 9.59 Å². The summed E-state index contributed by atoms with van der Waals surface area (Å²) in [5.41, 5.74) is 1.60. The summed E-state index contributed by atoms with van der Waals surface area (Å²) in [5.74, 6) is 0.534. The van der Waals surface area contributed by atoms with Gasteiger partial charge < -0.3 is 14.6 Å². The summed E-state index contributed by atoms with van der Waals surface area (Å²) in [4.78, 5) is 29.4. The van der Waals surface area contributed by atoms with Gasteiger partial charge in [0.2, 0.25) is 5.91 Å². The number of rotatable bonds is 7. The van der Waals surface area contributed by atoms with E-state index >= 15 is 0 Å². The molecule has 2 aromatic carbocycles. The van der Waals surface area contributed by atoms with E-state index in [1.165, 1.54) is 10.9 Å². The second-order valence-electron chi connectivity index (χ2n) is 6.81. The predicted octanol–water partition coefficient (Wildman–Crippen LogP) is 3.42. The van der Waals surface area contributed by atoms with Crippen molar-refractivity contribution in [1.82, 2.24) is 20.0 Å². The molecule has 1 N–H and O–H groups in total. The second kappa shape index (κ2) is 9.01. The lowest BCUT2D eigenvalue weighted by Gasteiger charge is -2.08. The van der Waals surface area contributed by atoms with Gasteiger partial charge in [-0.1, -0.05) is 47.1 Å². The molecular weight excluding hydrogens is 420 g/mol. The SMILES string of the molecule is COc1cccc(CNC(=O)CCn2cnc3onc(-c4ccccc4Cl)c3c2=O)c1. The van der Waals surface area contributed by atoms with Gasteiger partial charge in [-0.25, -0.2) is 4.98 Å². The van der Waals surface area contributed by atoms with Crippen LogP contribution in [0.15, 0.2) is 64.2 Å². The minimum absolute atomic E-state index is 0.115. The fourth-order valence-corrected chi connectivity index (χ4v) is 3.40. The van der Waals surface area contributed by atoms with E-state index in [0.717, 1.165) is 11.3 Å². The number of nitrogens with zero attached hydrogens (tertiary/aromatic N) is 3. The van der Waals surface area contributed by atoms with Gasteiger partial charge in [0.1, 0.15) is 23.2 Å². The Hall–Kier alpha value is -3.65. The van der Waals surface area contributed by atoms with Crippen LogP contribution in [0.1, 0.15) is 12.0 Å². The van der Waals surface area contributed by atoms with Gasteiger partial charge in [-0.2, -0.15) is 0 Å². The number of aryl methyl sites for hydroxylation is 1. The van der Waals surface area contributed by atoms with Crippen LogP contribution in [0.25, 0.3) is 22.4 Å². The van der Waals surface area contributed by atoms with Gasteiger partial charge in [0.25, 0.3) is 11.3 Å². The van der Waals surface area contributed by atoms with Crippen molar-refractivity contribution in [3.8, 4) is 17.0 Å². The Kier molecular flexibility index (Phi) is 5.99. The molecule has 0 spiro atoms. The van der Waals surface area contributed by atoms with Crippen LogP contribution in [-0.4, -0.2) is 27.7 Å². The van der Waals surface area contributed by atoms with Crippen molar-refractivity contribution < 1.29 is 14.1 Å². The number of amides is 1. The highest BCUT2D eigenvalue weighted by molar-refractivity contribution is 6.33. The fourth-order valence-electron chi connectivity index (χ4n) is 3.17. The molecular formula is C22H19ClN4O4. The maximum absolute atomic E-state index is 13.0. The molecule has 0 saturated carbocycles. The molecule has 0 atom stereocenters. The zero-order valence-electron chi connectivity index (χ0n) is 16.7. The van der Waals surface area contributed by atoms with E-state index in [-0.39, 0.29) is 35.5 Å². The van der Waals surface area contributed by atoms with Gasteiger partial charge >= 0.3 is 0 Å². The van der Waals surface area contributed by atoms with Crippen molar-refractivity contribution in [3.63, 3.8) is 0 Å².